The van der Waals surface area contributed by atoms with Crippen molar-refractivity contribution in [2.45, 2.75) is 19.8 Å². The van der Waals surface area contributed by atoms with E-state index in [4.69, 9.17) is 5.26 Å². The first-order valence-corrected chi connectivity index (χ1v) is 8.02. The fraction of sp³-hybridized carbons (Fsp3) is 0.263. The lowest BCUT2D eigenvalue weighted by Crippen LogP contribution is -2.21. The van der Waals surface area contributed by atoms with E-state index in [1.165, 1.54) is 0 Å². The molecule has 0 aliphatic heterocycles. The highest BCUT2D eigenvalue weighted by atomic mass is 16.4. The van der Waals surface area contributed by atoms with E-state index >= 15 is 0 Å². The molecule has 0 aliphatic rings. The number of carboxylic acids is 1. The van der Waals surface area contributed by atoms with E-state index in [1.54, 1.807) is 30.5 Å². The van der Waals surface area contributed by atoms with Gasteiger partial charge in [0, 0.05) is 30.5 Å². The van der Waals surface area contributed by atoms with E-state index < -0.39 is 11.9 Å². The molecule has 1 heterocycles. The Morgan fingerprint density at radius 2 is 2.12 bits per heavy atom. The smallest absolute Gasteiger partial charge is 0.306 e. The number of hydrogen-bond acceptors (Lipinski definition) is 5. The molecule has 128 valence electrons. The van der Waals surface area contributed by atoms with Gasteiger partial charge >= 0.3 is 5.97 Å². The van der Waals surface area contributed by atoms with Crippen LogP contribution in [0.1, 0.15) is 24.6 Å². The number of rotatable bonds is 8. The first kappa shape index (κ1) is 18.1. The van der Waals surface area contributed by atoms with Crippen LogP contribution in [0.3, 0.4) is 0 Å². The predicted octanol–water partition coefficient (Wildman–Crippen LogP) is 3.33. The standard InChI is InChI=1S/C19H20N4O2/c1-3-11-23(17-7-5-14(13-20)6-8-17)19-21-10-9-16(22-19)12-15(4-2)18(24)25/h3,5-10,15H,1,4,11-12H2,2H3,(H,24,25). The summed E-state index contributed by atoms with van der Waals surface area (Å²) in [7, 11) is 0. The van der Waals surface area contributed by atoms with Crippen LogP contribution in [0.25, 0.3) is 0 Å². The Bertz CT molecular complexity index is 781. The molecular weight excluding hydrogens is 316 g/mol. The highest BCUT2D eigenvalue weighted by Crippen LogP contribution is 2.23. The van der Waals surface area contributed by atoms with Crippen molar-refractivity contribution < 1.29 is 9.90 Å². The molecule has 6 nitrogen and oxygen atoms in total. The summed E-state index contributed by atoms with van der Waals surface area (Å²) in [5, 5.41) is 18.2. The van der Waals surface area contributed by atoms with Crippen LogP contribution in [0.2, 0.25) is 0 Å². The predicted molar refractivity (Wildman–Crippen MR) is 95.5 cm³/mol. The van der Waals surface area contributed by atoms with Crippen molar-refractivity contribution >= 4 is 17.6 Å². The second kappa shape index (κ2) is 8.60. The molecule has 25 heavy (non-hydrogen) atoms. The van der Waals surface area contributed by atoms with Crippen molar-refractivity contribution in [3.8, 4) is 6.07 Å². The highest BCUT2D eigenvalue weighted by Gasteiger charge is 2.18. The van der Waals surface area contributed by atoms with Gasteiger partial charge in [0.05, 0.1) is 17.6 Å². The molecule has 0 bridgehead atoms. The molecule has 0 fully saturated rings. The Morgan fingerprint density at radius 3 is 2.68 bits per heavy atom. The minimum atomic E-state index is -0.822. The number of carbonyl (C=O) groups is 1. The first-order chi connectivity index (χ1) is 12.1. The number of aromatic nitrogens is 2. The molecule has 0 saturated heterocycles. The summed E-state index contributed by atoms with van der Waals surface area (Å²) in [6, 6.07) is 10.9. The van der Waals surface area contributed by atoms with Crippen LogP contribution in [0.15, 0.2) is 49.2 Å². The Morgan fingerprint density at radius 1 is 1.40 bits per heavy atom. The highest BCUT2D eigenvalue weighted by molar-refractivity contribution is 5.70. The molecule has 1 unspecified atom stereocenters. The quantitative estimate of drug-likeness (QED) is 0.744. The third kappa shape index (κ3) is 4.64. The largest absolute Gasteiger partial charge is 0.481 e. The minimum absolute atomic E-state index is 0.358. The van der Waals surface area contributed by atoms with E-state index in [0.29, 0.717) is 36.6 Å². The van der Waals surface area contributed by atoms with Gasteiger partial charge in [0.25, 0.3) is 0 Å². The molecule has 1 aromatic heterocycles. The molecule has 0 spiro atoms. The van der Waals surface area contributed by atoms with Crippen LogP contribution in [0.5, 0.6) is 0 Å². The van der Waals surface area contributed by atoms with E-state index in [-0.39, 0.29) is 0 Å². The second-order valence-electron chi connectivity index (χ2n) is 5.55. The van der Waals surface area contributed by atoms with Crippen molar-refractivity contribution in [1.82, 2.24) is 9.97 Å². The topological polar surface area (TPSA) is 90.1 Å². The van der Waals surface area contributed by atoms with Crippen LogP contribution in [0, 0.1) is 17.2 Å². The third-order valence-corrected chi connectivity index (χ3v) is 3.86. The average molecular weight is 336 g/mol. The SMILES string of the molecule is C=CCN(c1ccc(C#N)cc1)c1nccc(CC(CC)C(=O)O)n1. The van der Waals surface area contributed by atoms with Gasteiger partial charge in [0.15, 0.2) is 0 Å². The molecule has 6 heteroatoms. The molecule has 2 aromatic rings. The van der Waals surface area contributed by atoms with Gasteiger partial charge in [0.2, 0.25) is 5.95 Å². The zero-order valence-corrected chi connectivity index (χ0v) is 14.1. The van der Waals surface area contributed by atoms with Crippen molar-refractivity contribution in [2.24, 2.45) is 5.92 Å². The average Bonchev–Trinajstić information content (AvgIpc) is 2.64. The summed E-state index contributed by atoms with van der Waals surface area (Å²) in [5.41, 5.74) is 2.09. The normalized spacial score (nSPS) is 11.4. The Labute approximate surface area is 147 Å². The van der Waals surface area contributed by atoms with E-state index in [1.807, 2.05) is 24.0 Å². The van der Waals surface area contributed by atoms with Gasteiger partial charge in [-0.2, -0.15) is 5.26 Å². The van der Waals surface area contributed by atoms with Crippen LogP contribution in [-0.4, -0.2) is 27.6 Å². The second-order valence-corrected chi connectivity index (χ2v) is 5.55. The van der Waals surface area contributed by atoms with Crippen LogP contribution in [-0.2, 0) is 11.2 Å². The Kier molecular flexibility index (Phi) is 6.24. The van der Waals surface area contributed by atoms with Crippen molar-refractivity contribution in [3.63, 3.8) is 0 Å². The molecule has 0 saturated carbocycles. The van der Waals surface area contributed by atoms with E-state index in [0.717, 1.165) is 5.69 Å². The molecule has 2 rings (SSSR count). The van der Waals surface area contributed by atoms with Crippen molar-refractivity contribution in [2.75, 3.05) is 11.4 Å². The fourth-order valence-corrected chi connectivity index (χ4v) is 2.43. The maximum atomic E-state index is 11.2. The van der Waals surface area contributed by atoms with Crippen molar-refractivity contribution in [3.05, 3.63) is 60.4 Å². The summed E-state index contributed by atoms with van der Waals surface area (Å²) in [6.45, 7) is 6.11. The molecule has 1 N–H and O–H groups in total. The van der Waals surface area contributed by atoms with E-state index in [9.17, 15) is 9.90 Å². The van der Waals surface area contributed by atoms with Gasteiger partial charge in [-0.1, -0.05) is 13.0 Å². The van der Waals surface area contributed by atoms with Crippen molar-refractivity contribution in [1.29, 1.82) is 5.26 Å². The summed E-state index contributed by atoms with van der Waals surface area (Å²) < 4.78 is 0. The number of hydrogen-bond donors (Lipinski definition) is 1. The Balaban J connectivity index is 2.31. The van der Waals surface area contributed by atoms with Gasteiger partial charge in [-0.25, -0.2) is 9.97 Å². The molecule has 1 atom stereocenters. The number of carboxylic acid groups (broad SMARTS) is 1. The maximum absolute atomic E-state index is 11.2. The number of aliphatic carboxylic acids is 1. The lowest BCUT2D eigenvalue weighted by molar-refractivity contribution is -0.141. The Hall–Kier alpha value is -3.20. The summed E-state index contributed by atoms with van der Waals surface area (Å²) in [5.74, 6) is -0.814. The first-order valence-electron chi connectivity index (χ1n) is 8.02. The molecule has 0 radical (unpaired) electrons. The zero-order chi connectivity index (χ0) is 18.2. The molecule has 0 aliphatic carbocycles. The van der Waals surface area contributed by atoms with Gasteiger partial charge in [0.1, 0.15) is 0 Å². The maximum Gasteiger partial charge on any atom is 0.306 e. The number of nitriles is 1. The summed E-state index contributed by atoms with van der Waals surface area (Å²) in [4.78, 5) is 21.9. The molecule has 1 aromatic carbocycles. The van der Waals surface area contributed by atoms with Gasteiger partial charge < -0.3 is 10.0 Å². The van der Waals surface area contributed by atoms with Gasteiger partial charge in [-0.15, -0.1) is 6.58 Å². The summed E-state index contributed by atoms with van der Waals surface area (Å²) in [6.07, 6.45) is 4.27. The lowest BCUT2D eigenvalue weighted by atomic mass is 10.0. The van der Waals surface area contributed by atoms with Crippen LogP contribution in [0.4, 0.5) is 11.6 Å². The monoisotopic (exact) mass is 336 g/mol. The number of nitrogens with zero attached hydrogens (tertiary/aromatic N) is 4. The third-order valence-electron chi connectivity index (χ3n) is 3.86. The lowest BCUT2D eigenvalue weighted by Gasteiger charge is -2.22. The minimum Gasteiger partial charge on any atom is -0.481 e. The fourth-order valence-electron chi connectivity index (χ4n) is 2.43. The number of anilines is 2. The van der Waals surface area contributed by atoms with E-state index in [2.05, 4.69) is 22.6 Å². The van der Waals surface area contributed by atoms with Gasteiger partial charge in [-0.3, -0.25) is 4.79 Å². The van der Waals surface area contributed by atoms with Crippen LogP contribution < -0.4 is 4.90 Å². The summed E-state index contributed by atoms with van der Waals surface area (Å²) >= 11 is 0. The molecular formula is C19H20N4O2. The number of benzene rings is 1. The zero-order valence-electron chi connectivity index (χ0n) is 14.1. The van der Waals surface area contributed by atoms with Gasteiger partial charge in [-0.05, 0) is 36.8 Å². The van der Waals surface area contributed by atoms with Crippen LogP contribution >= 0.6 is 0 Å². The molecule has 0 amide bonds.